The molecule has 1 fully saturated rings. The maximum Gasteiger partial charge on any atom is 0.285 e. The van der Waals surface area contributed by atoms with E-state index in [1.54, 1.807) is 12.1 Å². The van der Waals surface area contributed by atoms with Crippen LogP contribution in [0.2, 0.25) is 0 Å². The highest BCUT2D eigenvalue weighted by atomic mass is 79.9. The van der Waals surface area contributed by atoms with Crippen molar-refractivity contribution in [1.29, 1.82) is 0 Å². The van der Waals surface area contributed by atoms with E-state index in [4.69, 9.17) is 0 Å². The molecule has 2 aromatic carbocycles. The number of nitrogens with one attached hydrogen (secondary N) is 1. The van der Waals surface area contributed by atoms with Gasteiger partial charge in [-0.05, 0) is 57.9 Å². The van der Waals surface area contributed by atoms with E-state index in [2.05, 4.69) is 39.4 Å². The third-order valence-electron chi connectivity index (χ3n) is 3.70. The topological polar surface area (TPSA) is 55.2 Å². The van der Waals surface area contributed by atoms with Crippen molar-refractivity contribution in [3.63, 3.8) is 0 Å². The van der Waals surface area contributed by atoms with E-state index >= 15 is 0 Å². The Hall–Kier alpha value is -1.88. The van der Waals surface area contributed by atoms with E-state index in [9.17, 15) is 10.1 Å². The number of nitrogens with zero attached hydrogens (tertiary/aromatic N) is 1. The van der Waals surface area contributed by atoms with Crippen LogP contribution in [-0.2, 0) is 6.54 Å². The molecule has 4 nitrogen and oxygen atoms in total. The third kappa shape index (κ3) is 3.24. The standard InChI is InChI=1S/C16H15BrN2O2/c17-15-8-7-13(9-16(15)19(20)21)18-10-12-3-1-2-4-14(12)11-5-6-11/h1-4,7-9,11,18H,5-6,10H2. The Morgan fingerprint density at radius 3 is 2.71 bits per heavy atom. The van der Waals surface area contributed by atoms with Crippen molar-refractivity contribution in [2.75, 3.05) is 5.32 Å². The Labute approximate surface area is 131 Å². The van der Waals surface area contributed by atoms with Crippen molar-refractivity contribution in [1.82, 2.24) is 0 Å². The summed E-state index contributed by atoms with van der Waals surface area (Å²) in [6.07, 6.45) is 2.53. The zero-order valence-electron chi connectivity index (χ0n) is 11.4. The molecule has 0 amide bonds. The second-order valence-electron chi connectivity index (χ2n) is 5.25. The predicted molar refractivity (Wildman–Crippen MR) is 86.5 cm³/mol. The molecule has 0 saturated heterocycles. The second kappa shape index (κ2) is 5.85. The fourth-order valence-corrected chi connectivity index (χ4v) is 2.84. The lowest BCUT2D eigenvalue weighted by molar-refractivity contribution is -0.385. The van der Waals surface area contributed by atoms with Gasteiger partial charge >= 0.3 is 0 Å². The molecule has 3 rings (SSSR count). The fourth-order valence-electron chi connectivity index (χ4n) is 2.45. The molecule has 2 aromatic rings. The summed E-state index contributed by atoms with van der Waals surface area (Å²) in [5.74, 6) is 0.697. The molecule has 5 heteroatoms. The molecule has 0 radical (unpaired) electrons. The second-order valence-corrected chi connectivity index (χ2v) is 6.10. The first-order valence-electron chi connectivity index (χ1n) is 6.91. The zero-order valence-corrected chi connectivity index (χ0v) is 13.0. The smallest absolute Gasteiger partial charge is 0.285 e. The molecule has 0 heterocycles. The first kappa shape index (κ1) is 14.1. The summed E-state index contributed by atoms with van der Waals surface area (Å²) in [6, 6.07) is 13.5. The van der Waals surface area contributed by atoms with Gasteiger partial charge in [0.25, 0.3) is 5.69 Å². The Morgan fingerprint density at radius 2 is 2.00 bits per heavy atom. The molecule has 1 aliphatic carbocycles. The molecule has 0 bridgehead atoms. The quantitative estimate of drug-likeness (QED) is 0.622. The minimum absolute atomic E-state index is 0.0791. The van der Waals surface area contributed by atoms with Gasteiger partial charge in [-0.25, -0.2) is 0 Å². The molecule has 0 aromatic heterocycles. The van der Waals surface area contributed by atoms with E-state index in [0.29, 0.717) is 16.9 Å². The molecule has 0 aliphatic heterocycles. The molecular weight excluding hydrogens is 332 g/mol. The summed E-state index contributed by atoms with van der Waals surface area (Å²) in [6.45, 7) is 0.686. The number of benzene rings is 2. The van der Waals surface area contributed by atoms with Crippen LogP contribution in [0, 0.1) is 10.1 Å². The molecule has 21 heavy (non-hydrogen) atoms. The number of hydrogen-bond acceptors (Lipinski definition) is 3. The minimum Gasteiger partial charge on any atom is -0.381 e. The summed E-state index contributed by atoms with van der Waals surface area (Å²) in [5, 5.41) is 14.2. The van der Waals surface area contributed by atoms with Crippen molar-refractivity contribution in [2.45, 2.75) is 25.3 Å². The number of halogens is 1. The first-order valence-corrected chi connectivity index (χ1v) is 7.70. The number of nitro groups is 1. The highest BCUT2D eigenvalue weighted by Crippen LogP contribution is 2.41. The Morgan fingerprint density at radius 1 is 1.24 bits per heavy atom. The Kier molecular flexibility index (Phi) is 3.92. The van der Waals surface area contributed by atoms with Crippen molar-refractivity contribution in [3.8, 4) is 0 Å². The van der Waals surface area contributed by atoms with Gasteiger partial charge in [0.1, 0.15) is 0 Å². The monoisotopic (exact) mass is 346 g/mol. The van der Waals surface area contributed by atoms with E-state index < -0.39 is 0 Å². The van der Waals surface area contributed by atoms with E-state index in [1.165, 1.54) is 24.0 Å². The number of hydrogen-bond donors (Lipinski definition) is 1. The lowest BCUT2D eigenvalue weighted by Crippen LogP contribution is -2.03. The lowest BCUT2D eigenvalue weighted by atomic mass is 10.0. The van der Waals surface area contributed by atoms with Crippen molar-refractivity contribution in [2.24, 2.45) is 0 Å². The molecular formula is C16H15BrN2O2. The van der Waals surface area contributed by atoms with Crippen LogP contribution in [0.3, 0.4) is 0 Å². The predicted octanol–water partition coefficient (Wildman–Crippen LogP) is 4.85. The van der Waals surface area contributed by atoms with Crippen LogP contribution in [0.25, 0.3) is 0 Å². The number of rotatable bonds is 5. The zero-order chi connectivity index (χ0) is 14.8. The highest BCUT2D eigenvalue weighted by molar-refractivity contribution is 9.10. The van der Waals surface area contributed by atoms with Gasteiger partial charge in [0.05, 0.1) is 9.40 Å². The molecule has 1 N–H and O–H groups in total. The average molecular weight is 347 g/mol. The van der Waals surface area contributed by atoms with Gasteiger partial charge in [-0.3, -0.25) is 10.1 Å². The van der Waals surface area contributed by atoms with Crippen molar-refractivity contribution < 1.29 is 4.92 Å². The number of anilines is 1. The third-order valence-corrected chi connectivity index (χ3v) is 4.37. The number of nitro benzene ring substituents is 1. The summed E-state index contributed by atoms with van der Waals surface area (Å²) in [7, 11) is 0. The molecule has 0 unspecified atom stereocenters. The summed E-state index contributed by atoms with van der Waals surface area (Å²) >= 11 is 3.20. The van der Waals surface area contributed by atoms with Crippen molar-refractivity contribution in [3.05, 3.63) is 68.2 Å². The molecule has 108 valence electrons. The van der Waals surface area contributed by atoms with Gasteiger partial charge in [-0.1, -0.05) is 24.3 Å². The van der Waals surface area contributed by atoms with E-state index in [1.807, 2.05) is 12.1 Å². The van der Waals surface area contributed by atoms with Gasteiger partial charge in [0.2, 0.25) is 0 Å². The Balaban J connectivity index is 1.76. The van der Waals surface area contributed by atoms with E-state index in [0.717, 1.165) is 5.69 Å². The van der Waals surface area contributed by atoms with Crippen LogP contribution in [-0.4, -0.2) is 4.92 Å². The van der Waals surface area contributed by atoms with Crippen LogP contribution >= 0.6 is 15.9 Å². The van der Waals surface area contributed by atoms with Crippen LogP contribution in [0.15, 0.2) is 46.9 Å². The van der Waals surface area contributed by atoms with Gasteiger partial charge in [0.15, 0.2) is 0 Å². The van der Waals surface area contributed by atoms with Crippen LogP contribution in [0.4, 0.5) is 11.4 Å². The minimum atomic E-state index is -0.382. The molecule has 0 spiro atoms. The summed E-state index contributed by atoms with van der Waals surface area (Å²) < 4.78 is 0.497. The first-order chi connectivity index (χ1) is 10.1. The van der Waals surface area contributed by atoms with Gasteiger partial charge in [0, 0.05) is 18.3 Å². The van der Waals surface area contributed by atoms with Gasteiger partial charge in [-0.2, -0.15) is 0 Å². The Bertz CT molecular complexity index is 684. The highest BCUT2D eigenvalue weighted by Gasteiger charge is 2.25. The molecule has 0 atom stereocenters. The van der Waals surface area contributed by atoms with Crippen LogP contribution in [0.5, 0.6) is 0 Å². The fraction of sp³-hybridized carbons (Fsp3) is 0.250. The maximum absolute atomic E-state index is 10.9. The van der Waals surface area contributed by atoms with E-state index in [-0.39, 0.29) is 10.6 Å². The maximum atomic E-state index is 10.9. The normalized spacial score (nSPS) is 14.0. The lowest BCUT2D eigenvalue weighted by Gasteiger charge is -2.11. The molecule has 1 saturated carbocycles. The SMILES string of the molecule is O=[N+]([O-])c1cc(NCc2ccccc2C2CC2)ccc1Br. The van der Waals surface area contributed by atoms with Crippen LogP contribution in [0.1, 0.15) is 29.9 Å². The summed E-state index contributed by atoms with van der Waals surface area (Å²) in [5.41, 5.74) is 3.51. The average Bonchev–Trinajstić information content (AvgIpc) is 3.31. The molecule has 1 aliphatic rings. The summed E-state index contributed by atoms with van der Waals surface area (Å²) in [4.78, 5) is 10.6. The van der Waals surface area contributed by atoms with Crippen LogP contribution < -0.4 is 5.32 Å². The van der Waals surface area contributed by atoms with Gasteiger partial charge < -0.3 is 5.32 Å². The van der Waals surface area contributed by atoms with Crippen molar-refractivity contribution >= 4 is 27.3 Å². The largest absolute Gasteiger partial charge is 0.381 e. The van der Waals surface area contributed by atoms with Gasteiger partial charge in [-0.15, -0.1) is 0 Å².